The van der Waals surface area contributed by atoms with Gasteiger partial charge in [0.25, 0.3) is 5.91 Å². The van der Waals surface area contributed by atoms with Crippen LogP contribution in [0.25, 0.3) is 11.3 Å². The van der Waals surface area contributed by atoms with Crippen molar-refractivity contribution in [3.05, 3.63) is 65.4 Å². The maximum atomic E-state index is 12.2. The number of hydrogen-bond acceptors (Lipinski definition) is 5. The molecule has 0 unspecified atom stereocenters. The van der Waals surface area contributed by atoms with Gasteiger partial charge in [0.15, 0.2) is 17.3 Å². The minimum absolute atomic E-state index is 0.152. The Morgan fingerprint density at radius 1 is 1.04 bits per heavy atom. The lowest BCUT2D eigenvalue weighted by atomic mass is 10.1. The maximum absolute atomic E-state index is 12.2. The van der Waals surface area contributed by atoms with E-state index in [4.69, 9.17) is 14.0 Å². The summed E-state index contributed by atoms with van der Waals surface area (Å²) in [4.78, 5) is 12.2. The van der Waals surface area contributed by atoms with Crippen LogP contribution in [0.3, 0.4) is 0 Å². The molecule has 26 heavy (non-hydrogen) atoms. The Labute approximate surface area is 151 Å². The molecule has 1 N–H and O–H groups in total. The molecule has 0 aliphatic carbocycles. The number of benzene rings is 2. The average molecular weight is 352 g/mol. The van der Waals surface area contributed by atoms with Crippen LogP contribution in [0, 0.1) is 6.92 Å². The first-order valence-electron chi connectivity index (χ1n) is 8.13. The Morgan fingerprint density at radius 3 is 2.46 bits per heavy atom. The van der Waals surface area contributed by atoms with E-state index in [1.165, 1.54) is 0 Å². The minimum atomic E-state index is -0.152. The average Bonchev–Trinajstić information content (AvgIpc) is 3.15. The molecular weight excluding hydrogens is 332 g/mol. The van der Waals surface area contributed by atoms with Crippen LogP contribution in [-0.4, -0.2) is 25.3 Å². The molecule has 0 aliphatic heterocycles. The first-order valence-corrected chi connectivity index (χ1v) is 8.13. The van der Waals surface area contributed by atoms with E-state index in [1.807, 2.05) is 31.2 Å². The lowest BCUT2D eigenvalue weighted by molar-refractivity contribution is 0.0950. The van der Waals surface area contributed by atoms with Crippen molar-refractivity contribution < 1.29 is 18.8 Å². The smallest absolute Gasteiger partial charge is 0.251 e. The van der Waals surface area contributed by atoms with E-state index in [1.54, 1.807) is 38.5 Å². The third-order valence-corrected chi connectivity index (χ3v) is 3.97. The normalized spacial score (nSPS) is 10.4. The molecule has 1 heterocycles. The molecular formula is C20H20N2O4. The van der Waals surface area contributed by atoms with Crippen LogP contribution in [-0.2, 0) is 6.54 Å². The fourth-order valence-electron chi connectivity index (χ4n) is 2.50. The van der Waals surface area contributed by atoms with Gasteiger partial charge in [0.05, 0.1) is 20.8 Å². The van der Waals surface area contributed by atoms with Crippen molar-refractivity contribution in [1.82, 2.24) is 10.5 Å². The summed E-state index contributed by atoms with van der Waals surface area (Å²) in [5.41, 5.74) is 3.17. The lowest BCUT2D eigenvalue weighted by Gasteiger charge is -2.07. The Balaban J connectivity index is 1.68. The van der Waals surface area contributed by atoms with Crippen molar-refractivity contribution in [2.24, 2.45) is 0 Å². The number of hydrogen-bond donors (Lipinski definition) is 1. The second-order valence-corrected chi connectivity index (χ2v) is 5.80. The summed E-state index contributed by atoms with van der Waals surface area (Å²) in [7, 11) is 3.16. The van der Waals surface area contributed by atoms with Crippen LogP contribution in [0.1, 0.15) is 21.6 Å². The van der Waals surface area contributed by atoms with Gasteiger partial charge in [0.1, 0.15) is 5.69 Å². The molecule has 3 rings (SSSR count). The van der Waals surface area contributed by atoms with Gasteiger partial charge in [-0.2, -0.15) is 0 Å². The van der Waals surface area contributed by atoms with Crippen molar-refractivity contribution >= 4 is 5.91 Å². The highest BCUT2D eigenvalue weighted by atomic mass is 16.5. The largest absolute Gasteiger partial charge is 0.493 e. The summed E-state index contributed by atoms with van der Waals surface area (Å²) in [6.45, 7) is 2.26. The monoisotopic (exact) mass is 352 g/mol. The molecule has 3 aromatic rings. The van der Waals surface area contributed by atoms with Crippen LogP contribution < -0.4 is 14.8 Å². The van der Waals surface area contributed by atoms with Crippen LogP contribution in [0.5, 0.6) is 11.5 Å². The third kappa shape index (κ3) is 3.85. The van der Waals surface area contributed by atoms with E-state index < -0.39 is 0 Å². The zero-order valence-electron chi connectivity index (χ0n) is 14.9. The minimum Gasteiger partial charge on any atom is -0.493 e. The molecule has 6 nitrogen and oxygen atoms in total. The van der Waals surface area contributed by atoms with E-state index in [2.05, 4.69) is 10.5 Å². The van der Waals surface area contributed by atoms with E-state index >= 15 is 0 Å². The molecule has 0 aliphatic rings. The number of carbonyl (C=O) groups excluding carboxylic acids is 1. The van der Waals surface area contributed by atoms with Crippen LogP contribution in [0.15, 0.2) is 53.1 Å². The van der Waals surface area contributed by atoms with Gasteiger partial charge < -0.3 is 19.3 Å². The number of rotatable bonds is 6. The highest BCUT2D eigenvalue weighted by Gasteiger charge is 2.12. The number of nitrogens with one attached hydrogen (secondary N) is 1. The summed E-state index contributed by atoms with van der Waals surface area (Å²) in [6.07, 6.45) is 0. The first-order chi connectivity index (χ1) is 12.6. The Bertz CT molecular complexity index is 900. The van der Waals surface area contributed by atoms with Crippen molar-refractivity contribution in [3.8, 4) is 22.8 Å². The molecule has 0 saturated heterocycles. The SMILES string of the molecule is COc1ccc(-c2cc(CNC(=O)c3ccc(C)cc3)no2)cc1OC. The van der Waals surface area contributed by atoms with Crippen molar-refractivity contribution in [2.45, 2.75) is 13.5 Å². The second kappa shape index (κ2) is 7.74. The molecule has 1 aromatic heterocycles. The van der Waals surface area contributed by atoms with Gasteiger partial charge in [-0.15, -0.1) is 0 Å². The maximum Gasteiger partial charge on any atom is 0.251 e. The molecule has 0 saturated carbocycles. The first kappa shape index (κ1) is 17.5. The van der Waals surface area contributed by atoms with Gasteiger partial charge in [0, 0.05) is 17.2 Å². The summed E-state index contributed by atoms with van der Waals surface area (Å²) < 4.78 is 15.9. The standard InChI is InChI=1S/C20H20N2O4/c1-13-4-6-14(7-5-13)20(23)21-12-16-11-18(26-22-16)15-8-9-17(24-2)19(10-15)25-3/h4-11H,12H2,1-3H3,(H,21,23). The highest BCUT2D eigenvalue weighted by molar-refractivity contribution is 5.94. The fourth-order valence-corrected chi connectivity index (χ4v) is 2.50. The Kier molecular flexibility index (Phi) is 5.22. The van der Waals surface area contributed by atoms with E-state index in [9.17, 15) is 4.79 Å². The summed E-state index contributed by atoms with van der Waals surface area (Å²) in [5.74, 6) is 1.68. The highest BCUT2D eigenvalue weighted by Crippen LogP contribution is 2.32. The van der Waals surface area contributed by atoms with Crippen molar-refractivity contribution in [3.63, 3.8) is 0 Å². The van der Waals surface area contributed by atoms with Crippen LogP contribution in [0.2, 0.25) is 0 Å². The predicted octanol–water partition coefficient (Wildman–Crippen LogP) is 3.60. The van der Waals surface area contributed by atoms with E-state index in [0.29, 0.717) is 28.5 Å². The van der Waals surface area contributed by atoms with Gasteiger partial charge in [-0.3, -0.25) is 4.79 Å². The fraction of sp³-hybridized carbons (Fsp3) is 0.200. The topological polar surface area (TPSA) is 73.6 Å². The molecule has 0 spiro atoms. The van der Waals surface area contributed by atoms with Crippen molar-refractivity contribution in [1.29, 1.82) is 0 Å². The molecule has 0 fully saturated rings. The predicted molar refractivity (Wildman–Crippen MR) is 97.4 cm³/mol. The van der Waals surface area contributed by atoms with Gasteiger partial charge in [-0.1, -0.05) is 22.9 Å². The van der Waals surface area contributed by atoms with E-state index in [0.717, 1.165) is 11.1 Å². The van der Waals surface area contributed by atoms with Crippen LogP contribution in [0.4, 0.5) is 0 Å². The zero-order chi connectivity index (χ0) is 18.5. The Hall–Kier alpha value is -3.28. The number of carbonyl (C=O) groups is 1. The second-order valence-electron chi connectivity index (χ2n) is 5.80. The molecule has 1 amide bonds. The summed E-state index contributed by atoms with van der Waals surface area (Å²) in [6, 6.07) is 14.7. The number of aromatic nitrogens is 1. The van der Waals surface area contributed by atoms with Crippen LogP contribution >= 0.6 is 0 Å². The van der Waals surface area contributed by atoms with Gasteiger partial charge in [0.2, 0.25) is 0 Å². The quantitative estimate of drug-likeness (QED) is 0.734. The third-order valence-electron chi connectivity index (χ3n) is 3.97. The molecule has 134 valence electrons. The number of ether oxygens (including phenoxy) is 2. The van der Waals surface area contributed by atoms with Gasteiger partial charge in [-0.25, -0.2) is 0 Å². The molecule has 0 bridgehead atoms. The number of methoxy groups -OCH3 is 2. The van der Waals surface area contributed by atoms with Gasteiger partial charge >= 0.3 is 0 Å². The van der Waals surface area contributed by atoms with Gasteiger partial charge in [-0.05, 0) is 37.3 Å². The number of nitrogens with zero attached hydrogens (tertiary/aromatic N) is 1. The molecule has 0 atom stereocenters. The van der Waals surface area contributed by atoms with E-state index in [-0.39, 0.29) is 12.5 Å². The molecule has 0 radical (unpaired) electrons. The molecule has 6 heteroatoms. The lowest BCUT2D eigenvalue weighted by Crippen LogP contribution is -2.22. The zero-order valence-corrected chi connectivity index (χ0v) is 14.9. The number of aryl methyl sites for hydroxylation is 1. The molecule has 2 aromatic carbocycles. The Morgan fingerprint density at radius 2 is 1.77 bits per heavy atom. The van der Waals surface area contributed by atoms with Crippen molar-refractivity contribution in [2.75, 3.05) is 14.2 Å². The summed E-state index contributed by atoms with van der Waals surface area (Å²) in [5, 5.41) is 6.84. The summed E-state index contributed by atoms with van der Waals surface area (Å²) >= 11 is 0. The number of amides is 1.